The largest absolute Gasteiger partial charge is 0.480 e. The Labute approximate surface area is 89.8 Å². The van der Waals surface area contributed by atoms with E-state index >= 15 is 0 Å². The smallest absolute Gasteiger partial charge is 0.323 e. The first-order valence-corrected chi connectivity index (χ1v) is 5.07. The molecule has 0 aliphatic heterocycles. The van der Waals surface area contributed by atoms with Crippen molar-refractivity contribution < 1.29 is 19.4 Å². The molecule has 0 bridgehead atoms. The van der Waals surface area contributed by atoms with Gasteiger partial charge in [0, 0.05) is 6.54 Å². The van der Waals surface area contributed by atoms with E-state index in [0.29, 0.717) is 19.4 Å². The lowest BCUT2D eigenvalue weighted by Crippen LogP contribution is -2.51. The fourth-order valence-corrected chi connectivity index (χ4v) is 1.38. The zero-order chi connectivity index (χ0) is 11.9. The predicted molar refractivity (Wildman–Crippen MR) is 55.6 cm³/mol. The summed E-state index contributed by atoms with van der Waals surface area (Å²) in [7, 11) is 1.31. The van der Waals surface area contributed by atoms with Gasteiger partial charge in [-0.05, 0) is 12.8 Å². The average molecular weight is 217 g/mol. The number of methoxy groups -OCH3 is 1. The summed E-state index contributed by atoms with van der Waals surface area (Å²) in [4.78, 5) is 21.9. The lowest BCUT2D eigenvalue weighted by atomic mass is 9.93. The Morgan fingerprint density at radius 2 is 1.87 bits per heavy atom. The molecule has 0 fully saturated rings. The van der Waals surface area contributed by atoms with E-state index in [4.69, 9.17) is 5.11 Å². The van der Waals surface area contributed by atoms with Crippen LogP contribution >= 0.6 is 0 Å². The van der Waals surface area contributed by atoms with Crippen LogP contribution in [0.15, 0.2) is 0 Å². The zero-order valence-corrected chi connectivity index (χ0v) is 9.50. The van der Waals surface area contributed by atoms with E-state index in [-0.39, 0.29) is 12.4 Å². The molecule has 2 N–H and O–H groups in total. The molecule has 0 aromatic rings. The third-order valence-electron chi connectivity index (χ3n) is 2.64. The highest BCUT2D eigenvalue weighted by Gasteiger charge is 2.33. The number of esters is 1. The summed E-state index contributed by atoms with van der Waals surface area (Å²) < 4.78 is 4.47. The molecule has 0 heterocycles. The SMILES string of the molecule is CCC(CC)(NCCC(=O)OC)C(=O)O. The van der Waals surface area contributed by atoms with Crippen molar-refractivity contribution in [1.29, 1.82) is 0 Å². The second-order valence-electron chi connectivity index (χ2n) is 3.35. The van der Waals surface area contributed by atoms with Crippen LogP contribution in [-0.2, 0) is 14.3 Å². The molecule has 0 saturated heterocycles. The number of ether oxygens (including phenoxy) is 1. The molecule has 0 unspecified atom stereocenters. The van der Waals surface area contributed by atoms with Crippen LogP contribution in [0, 0.1) is 0 Å². The van der Waals surface area contributed by atoms with Crippen LogP contribution in [0.25, 0.3) is 0 Å². The first-order valence-electron chi connectivity index (χ1n) is 5.07. The van der Waals surface area contributed by atoms with E-state index in [1.54, 1.807) is 0 Å². The Morgan fingerprint density at radius 1 is 1.33 bits per heavy atom. The Bertz CT molecular complexity index is 223. The van der Waals surface area contributed by atoms with Gasteiger partial charge in [-0.2, -0.15) is 0 Å². The highest BCUT2D eigenvalue weighted by atomic mass is 16.5. The quantitative estimate of drug-likeness (QED) is 0.616. The molecule has 88 valence electrons. The number of carbonyl (C=O) groups is 2. The number of aliphatic carboxylic acids is 1. The van der Waals surface area contributed by atoms with Crippen molar-refractivity contribution in [3.63, 3.8) is 0 Å². The maximum atomic E-state index is 11.1. The highest BCUT2D eigenvalue weighted by Crippen LogP contribution is 2.15. The first-order chi connectivity index (χ1) is 7.02. The molecule has 5 nitrogen and oxygen atoms in total. The van der Waals surface area contributed by atoms with E-state index in [1.807, 2.05) is 13.8 Å². The number of carboxylic acid groups (broad SMARTS) is 1. The molecule has 0 amide bonds. The van der Waals surface area contributed by atoms with Crippen molar-refractivity contribution in [3.8, 4) is 0 Å². The molecule has 0 atom stereocenters. The molecule has 0 aromatic carbocycles. The molecule has 0 aromatic heterocycles. The van der Waals surface area contributed by atoms with Gasteiger partial charge in [0.05, 0.1) is 13.5 Å². The van der Waals surface area contributed by atoms with Crippen LogP contribution in [0.1, 0.15) is 33.1 Å². The van der Waals surface area contributed by atoms with Crippen LogP contribution in [0.5, 0.6) is 0 Å². The first kappa shape index (κ1) is 13.9. The topological polar surface area (TPSA) is 75.6 Å². The van der Waals surface area contributed by atoms with Crippen LogP contribution in [-0.4, -0.2) is 36.2 Å². The normalized spacial score (nSPS) is 11.1. The number of carboxylic acids is 1. The summed E-state index contributed by atoms with van der Waals surface area (Å²) in [6.45, 7) is 3.94. The third kappa shape index (κ3) is 3.87. The fraction of sp³-hybridized carbons (Fsp3) is 0.800. The van der Waals surface area contributed by atoms with Gasteiger partial charge in [0.2, 0.25) is 0 Å². The highest BCUT2D eigenvalue weighted by molar-refractivity contribution is 5.78. The summed E-state index contributed by atoms with van der Waals surface area (Å²) in [5.74, 6) is -1.22. The molecule has 0 rings (SSSR count). The Hall–Kier alpha value is -1.10. The molecular weight excluding hydrogens is 198 g/mol. The lowest BCUT2D eigenvalue weighted by Gasteiger charge is -2.27. The molecular formula is C10H19NO4. The predicted octanol–water partition coefficient (Wildman–Crippen LogP) is 0.782. The van der Waals surface area contributed by atoms with Gasteiger partial charge in [-0.1, -0.05) is 13.8 Å². The van der Waals surface area contributed by atoms with Crippen molar-refractivity contribution >= 4 is 11.9 Å². The van der Waals surface area contributed by atoms with Gasteiger partial charge in [0.1, 0.15) is 5.54 Å². The molecule has 15 heavy (non-hydrogen) atoms. The maximum absolute atomic E-state index is 11.1. The van der Waals surface area contributed by atoms with E-state index in [9.17, 15) is 9.59 Å². The number of carbonyl (C=O) groups excluding carboxylic acids is 1. The van der Waals surface area contributed by atoms with Gasteiger partial charge in [0.15, 0.2) is 0 Å². The minimum absolute atomic E-state index is 0.186. The van der Waals surface area contributed by atoms with Gasteiger partial charge in [-0.25, -0.2) is 0 Å². The van der Waals surface area contributed by atoms with Gasteiger partial charge >= 0.3 is 11.9 Å². The monoisotopic (exact) mass is 217 g/mol. The summed E-state index contributed by atoms with van der Waals surface area (Å²) in [5.41, 5.74) is -0.923. The Kier molecular flexibility index (Phi) is 5.93. The third-order valence-corrected chi connectivity index (χ3v) is 2.64. The molecule has 0 radical (unpaired) electrons. The lowest BCUT2D eigenvalue weighted by molar-refractivity contribution is -0.146. The van der Waals surface area contributed by atoms with Crippen molar-refractivity contribution in [2.24, 2.45) is 0 Å². The van der Waals surface area contributed by atoms with Crippen molar-refractivity contribution in [2.75, 3.05) is 13.7 Å². The molecule has 5 heteroatoms. The van der Waals surface area contributed by atoms with Crippen LogP contribution < -0.4 is 5.32 Å². The number of hydrogen-bond acceptors (Lipinski definition) is 4. The summed E-state index contributed by atoms with van der Waals surface area (Å²) >= 11 is 0. The summed E-state index contributed by atoms with van der Waals surface area (Å²) in [6, 6.07) is 0. The molecule has 0 aliphatic carbocycles. The fourth-order valence-electron chi connectivity index (χ4n) is 1.38. The second kappa shape index (κ2) is 6.40. The summed E-state index contributed by atoms with van der Waals surface area (Å²) in [6.07, 6.45) is 1.16. The van der Waals surface area contributed by atoms with Gasteiger partial charge < -0.3 is 15.2 Å². The average Bonchev–Trinajstić information content (AvgIpc) is 2.24. The second-order valence-corrected chi connectivity index (χ2v) is 3.35. The molecule has 0 aliphatic rings. The van der Waals surface area contributed by atoms with Gasteiger partial charge in [-0.3, -0.25) is 9.59 Å². The maximum Gasteiger partial charge on any atom is 0.323 e. The van der Waals surface area contributed by atoms with E-state index in [0.717, 1.165) is 0 Å². The number of hydrogen-bond donors (Lipinski definition) is 2. The number of nitrogens with one attached hydrogen (secondary N) is 1. The Balaban J connectivity index is 4.19. The van der Waals surface area contributed by atoms with Gasteiger partial charge in [0.25, 0.3) is 0 Å². The van der Waals surface area contributed by atoms with Crippen molar-refractivity contribution in [3.05, 3.63) is 0 Å². The minimum Gasteiger partial charge on any atom is -0.480 e. The van der Waals surface area contributed by atoms with E-state index in [1.165, 1.54) is 7.11 Å². The molecule has 0 spiro atoms. The van der Waals surface area contributed by atoms with Crippen LogP contribution in [0.3, 0.4) is 0 Å². The minimum atomic E-state index is -0.923. The van der Waals surface area contributed by atoms with Crippen molar-refractivity contribution in [2.45, 2.75) is 38.6 Å². The van der Waals surface area contributed by atoms with Crippen LogP contribution in [0.2, 0.25) is 0 Å². The molecule has 0 saturated carbocycles. The van der Waals surface area contributed by atoms with Gasteiger partial charge in [-0.15, -0.1) is 0 Å². The number of rotatable bonds is 7. The summed E-state index contributed by atoms with van der Waals surface area (Å²) in [5, 5.41) is 12.0. The van der Waals surface area contributed by atoms with Crippen molar-refractivity contribution in [1.82, 2.24) is 5.32 Å². The zero-order valence-electron chi connectivity index (χ0n) is 9.50. The standard InChI is InChI=1S/C10H19NO4/c1-4-10(5-2,9(13)14)11-7-6-8(12)15-3/h11H,4-7H2,1-3H3,(H,13,14). The van der Waals surface area contributed by atoms with E-state index in [2.05, 4.69) is 10.1 Å². The Morgan fingerprint density at radius 3 is 2.20 bits per heavy atom. The van der Waals surface area contributed by atoms with E-state index < -0.39 is 11.5 Å². The van der Waals surface area contributed by atoms with Crippen LogP contribution in [0.4, 0.5) is 0 Å².